The van der Waals surface area contributed by atoms with Crippen LogP contribution >= 0.6 is 11.3 Å². The lowest BCUT2D eigenvalue weighted by molar-refractivity contribution is 0.249. The predicted octanol–water partition coefficient (Wildman–Crippen LogP) is 3.17. The summed E-state index contributed by atoms with van der Waals surface area (Å²) in [6, 6.07) is 5.49. The smallest absolute Gasteiger partial charge is 0.191 e. The highest BCUT2D eigenvalue weighted by Gasteiger charge is 2.24. The van der Waals surface area contributed by atoms with Crippen molar-refractivity contribution in [2.75, 3.05) is 46.8 Å². The summed E-state index contributed by atoms with van der Waals surface area (Å²) >= 11 is 1.86. The lowest BCUT2D eigenvalue weighted by Crippen LogP contribution is -2.42. The molecule has 1 saturated heterocycles. The standard InChI is InChI=1S/C20H37N5S/c1-17(2)24(4)12-6-5-11-22-20(21-3)23-16-18(19-10-9-15-26-19)25-13-7-8-14-25/h9-10,15,17-18H,5-8,11-14,16H2,1-4H3,(H2,21,22,23). The Hall–Kier alpha value is -1.11. The van der Waals surface area contributed by atoms with Crippen LogP contribution in [0.5, 0.6) is 0 Å². The van der Waals surface area contributed by atoms with E-state index in [4.69, 9.17) is 0 Å². The second kappa shape index (κ2) is 11.6. The fourth-order valence-corrected chi connectivity index (χ4v) is 4.17. The zero-order valence-corrected chi connectivity index (χ0v) is 17.8. The first-order valence-electron chi connectivity index (χ1n) is 10.0. The van der Waals surface area contributed by atoms with Gasteiger partial charge in [-0.1, -0.05) is 6.07 Å². The zero-order chi connectivity index (χ0) is 18.8. The van der Waals surface area contributed by atoms with E-state index in [1.165, 1.54) is 37.2 Å². The third-order valence-electron chi connectivity index (χ3n) is 5.25. The molecule has 1 aliphatic rings. The number of likely N-dealkylation sites (tertiary alicyclic amines) is 1. The number of unbranched alkanes of at least 4 members (excludes halogenated alkanes) is 1. The van der Waals surface area contributed by atoms with Crippen LogP contribution in [-0.2, 0) is 0 Å². The fraction of sp³-hybridized carbons (Fsp3) is 0.750. The molecule has 1 aromatic heterocycles. The van der Waals surface area contributed by atoms with Gasteiger partial charge in [-0.3, -0.25) is 9.89 Å². The van der Waals surface area contributed by atoms with E-state index in [-0.39, 0.29) is 0 Å². The van der Waals surface area contributed by atoms with Crippen molar-refractivity contribution in [2.24, 2.45) is 4.99 Å². The first-order valence-corrected chi connectivity index (χ1v) is 10.9. The van der Waals surface area contributed by atoms with E-state index in [1.807, 2.05) is 18.4 Å². The second-order valence-electron chi connectivity index (χ2n) is 7.44. The van der Waals surface area contributed by atoms with E-state index in [1.54, 1.807) is 0 Å². The molecule has 0 spiro atoms. The third kappa shape index (κ3) is 6.89. The van der Waals surface area contributed by atoms with E-state index in [2.05, 4.69) is 63.8 Å². The largest absolute Gasteiger partial charge is 0.356 e. The highest BCUT2D eigenvalue weighted by molar-refractivity contribution is 7.10. The van der Waals surface area contributed by atoms with Gasteiger partial charge in [0.05, 0.1) is 6.04 Å². The van der Waals surface area contributed by atoms with E-state index in [0.29, 0.717) is 12.1 Å². The van der Waals surface area contributed by atoms with Crippen molar-refractivity contribution < 1.29 is 0 Å². The SMILES string of the molecule is CN=C(NCCCCN(C)C(C)C)NCC(c1cccs1)N1CCCC1. The van der Waals surface area contributed by atoms with Crippen LogP contribution < -0.4 is 10.6 Å². The highest BCUT2D eigenvalue weighted by Crippen LogP contribution is 2.27. The topological polar surface area (TPSA) is 42.9 Å². The lowest BCUT2D eigenvalue weighted by Gasteiger charge is -2.27. The molecule has 2 heterocycles. The molecule has 1 atom stereocenters. The summed E-state index contributed by atoms with van der Waals surface area (Å²) in [5.74, 6) is 0.919. The Morgan fingerprint density at radius 2 is 2.04 bits per heavy atom. The van der Waals surface area contributed by atoms with Crippen LogP contribution in [0.15, 0.2) is 22.5 Å². The van der Waals surface area contributed by atoms with Crippen LogP contribution in [-0.4, -0.2) is 68.6 Å². The molecule has 26 heavy (non-hydrogen) atoms. The Morgan fingerprint density at radius 1 is 1.27 bits per heavy atom. The average Bonchev–Trinajstić information content (AvgIpc) is 3.34. The van der Waals surface area contributed by atoms with Gasteiger partial charge in [0.25, 0.3) is 0 Å². The van der Waals surface area contributed by atoms with Gasteiger partial charge in [-0.05, 0) is 77.7 Å². The second-order valence-corrected chi connectivity index (χ2v) is 8.41. The molecule has 0 bridgehead atoms. The number of guanidine groups is 1. The molecule has 5 nitrogen and oxygen atoms in total. The van der Waals surface area contributed by atoms with Crippen LogP contribution in [0.2, 0.25) is 0 Å². The zero-order valence-electron chi connectivity index (χ0n) is 17.0. The molecule has 1 aliphatic heterocycles. The molecule has 1 fully saturated rings. The Bertz CT molecular complexity index is 508. The van der Waals surface area contributed by atoms with E-state index in [0.717, 1.165) is 32.0 Å². The Kier molecular flexibility index (Phi) is 9.43. The molecule has 0 aliphatic carbocycles. The molecule has 2 N–H and O–H groups in total. The summed E-state index contributed by atoms with van der Waals surface area (Å²) in [6.07, 6.45) is 5.02. The van der Waals surface area contributed by atoms with Crippen molar-refractivity contribution in [2.45, 2.75) is 51.6 Å². The van der Waals surface area contributed by atoms with Crippen LogP contribution in [0.3, 0.4) is 0 Å². The van der Waals surface area contributed by atoms with E-state index in [9.17, 15) is 0 Å². The monoisotopic (exact) mass is 379 g/mol. The number of thiophene rings is 1. The summed E-state index contributed by atoms with van der Waals surface area (Å²) in [7, 11) is 4.06. The molecule has 0 amide bonds. The number of rotatable bonds is 10. The summed E-state index contributed by atoms with van der Waals surface area (Å²) < 4.78 is 0. The average molecular weight is 380 g/mol. The van der Waals surface area contributed by atoms with Crippen LogP contribution in [0, 0.1) is 0 Å². The molecule has 6 heteroatoms. The maximum Gasteiger partial charge on any atom is 0.191 e. The van der Waals surface area contributed by atoms with Crippen molar-refractivity contribution in [1.82, 2.24) is 20.4 Å². The molecule has 2 rings (SSSR count). The first kappa shape index (κ1) is 21.2. The van der Waals surface area contributed by atoms with Gasteiger partial charge < -0.3 is 15.5 Å². The molecule has 0 aromatic carbocycles. The summed E-state index contributed by atoms with van der Waals surface area (Å²) in [6.45, 7) is 9.94. The van der Waals surface area contributed by atoms with Gasteiger partial charge in [0.1, 0.15) is 0 Å². The van der Waals surface area contributed by atoms with Gasteiger partial charge in [0.15, 0.2) is 5.96 Å². The minimum absolute atomic E-state index is 0.454. The Morgan fingerprint density at radius 3 is 2.65 bits per heavy atom. The van der Waals surface area contributed by atoms with Crippen molar-refractivity contribution in [1.29, 1.82) is 0 Å². The van der Waals surface area contributed by atoms with Gasteiger partial charge >= 0.3 is 0 Å². The molecule has 1 aromatic rings. The van der Waals surface area contributed by atoms with Gasteiger partial charge in [0, 0.05) is 31.1 Å². The van der Waals surface area contributed by atoms with Crippen LogP contribution in [0.25, 0.3) is 0 Å². The molecular weight excluding hydrogens is 342 g/mol. The molecular formula is C20H37N5S. The maximum absolute atomic E-state index is 4.40. The number of nitrogens with zero attached hydrogens (tertiary/aromatic N) is 3. The Balaban J connectivity index is 1.72. The summed E-state index contributed by atoms with van der Waals surface area (Å²) in [5.41, 5.74) is 0. The van der Waals surface area contributed by atoms with Crippen molar-refractivity contribution in [3.63, 3.8) is 0 Å². The van der Waals surface area contributed by atoms with Gasteiger partial charge in [0.2, 0.25) is 0 Å². The van der Waals surface area contributed by atoms with Gasteiger partial charge in [-0.2, -0.15) is 0 Å². The quantitative estimate of drug-likeness (QED) is 0.372. The van der Waals surface area contributed by atoms with Crippen molar-refractivity contribution in [3.8, 4) is 0 Å². The number of hydrogen-bond donors (Lipinski definition) is 2. The minimum Gasteiger partial charge on any atom is -0.356 e. The van der Waals surface area contributed by atoms with E-state index < -0.39 is 0 Å². The van der Waals surface area contributed by atoms with Crippen molar-refractivity contribution >= 4 is 17.3 Å². The summed E-state index contributed by atoms with van der Waals surface area (Å²) in [4.78, 5) is 10.9. The molecule has 0 saturated carbocycles. The predicted molar refractivity (Wildman–Crippen MR) is 114 cm³/mol. The number of hydrogen-bond acceptors (Lipinski definition) is 4. The lowest BCUT2D eigenvalue weighted by atomic mass is 10.2. The van der Waals surface area contributed by atoms with E-state index >= 15 is 0 Å². The van der Waals surface area contributed by atoms with Crippen molar-refractivity contribution in [3.05, 3.63) is 22.4 Å². The van der Waals surface area contributed by atoms with Gasteiger partial charge in [-0.15, -0.1) is 11.3 Å². The molecule has 0 radical (unpaired) electrons. The first-order chi connectivity index (χ1) is 12.6. The molecule has 148 valence electrons. The minimum atomic E-state index is 0.454. The fourth-order valence-electron chi connectivity index (χ4n) is 3.31. The summed E-state index contributed by atoms with van der Waals surface area (Å²) in [5, 5.41) is 9.20. The van der Waals surface area contributed by atoms with Crippen LogP contribution in [0.4, 0.5) is 0 Å². The van der Waals surface area contributed by atoms with Gasteiger partial charge in [-0.25, -0.2) is 0 Å². The maximum atomic E-state index is 4.40. The highest BCUT2D eigenvalue weighted by atomic mass is 32.1. The molecule has 1 unspecified atom stereocenters. The number of nitrogens with one attached hydrogen (secondary N) is 2. The Labute approximate surface area is 163 Å². The number of aliphatic imine (C=N–C) groups is 1. The normalized spacial score (nSPS) is 17.2. The van der Waals surface area contributed by atoms with Crippen LogP contribution in [0.1, 0.15) is 50.4 Å². The third-order valence-corrected chi connectivity index (χ3v) is 6.22.